The summed E-state index contributed by atoms with van der Waals surface area (Å²) >= 11 is 0. The van der Waals surface area contributed by atoms with Gasteiger partial charge in [0.2, 0.25) is 0 Å². The first-order valence-corrected chi connectivity index (χ1v) is 10.9. The predicted molar refractivity (Wildman–Crippen MR) is 128 cm³/mol. The van der Waals surface area contributed by atoms with Gasteiger partial charge in [-0.3, -0.25) is 4.79 Å². The highest BCUT2D eigenvalue weighted by Gasteiger charge is 2.20. The van der Waals surface area contributed by atoms with Gasteiger partial charge >= 0.3 is 0 Å². The minimum absolute atomic E-state index is 0.0234. The average Bonchev–Trinajstić information content (AvgIpc) is 3.27. The van der Waals surface area contributed by atoms with Gasteiger partial charge in [-0.2, -0.15) is 0 Å². The molecule has 4 aromatic rings. The van der Waals surface area contributed by atoms with Crippen LogP contribution in [0.1, 0.15) is 40.7 Å². The predicted octanol–water partition coefficient (Wildman–Crippen LogP) is 5.53. The van der Waals surface area contributed by atoms with Crippen molar-refractivity contribution in [2.75, 3.05) is 20.3 Å². The van der Waals surface area contributed by atoms with Crippen LogP contribution >= 0.6 is 0 Å². The standard InChI is InChI=1S/C27H28N2O3/c1-3-16-32-26-11-7-5-9-22(26)27(30)29-17-23(19-12-14-20(31-2)15-13-19)24-18-28-25-10-6-4-8-21(24)25/h4-15,18,23,28H,3,16-17H2,1-2H3,(H,29,30)/t23-/m0/s1. The number of carbonyl (C=O) groups excluding carboxylic acids is 1. The van der Waals surface area contributed by atoms with Gasteiger partial charge in [-0.1, -0.05) is 49.4 Å². The summed E-state index contributed by atoms with van der Waals surface area (Å²) in [4.78, 5) is 16.4. The molecule has 32 heavy (non-hydrogen) atoms. The number of rotatable bonds is 9. The monoisotopic (exact) mass is 428 g/mol. The van der Waals surface area contributed by atoms with Gasteiger partial charge in [-0.05, 0) is 47.9 Å². The number of carbonyl (C=O) groups is 1. The number of hydrogen-bond donors (Lipinski definition) is 2. The molecule has 1 heterocycles. The highest BCUT2D eigenvalue weighted by molar-refractivity contribution is 5.97. The highest BCUT2D eigenvalue weighted by atomic mass is 16.5. The molecule has 2 N–H and O–H groups in total. The Kier molecular flexibility index (Phi) is 6.75. The number of aromatic amines is 1. The van der Waals surface area contributed by atoms with Crippen LogP contribution in [0, 0.1) is 0 Å². The number of nitrogens with one attached hydrogen (secondary N) is 2. The van der Waals surface area contributed by atoms with Crippen LogP contribution in [0.2, 0.25) is 0 Å². The molecule has 5 nitrogen and oxygen atoms in total. The molecule has 3 aromatic carbocycles. The molecular formula is C27H28N2O3. The fraction of sp³-hybridized carbons (Fsp3) is 0.222. The van der Waals surface area contributed by atoms with E-state index in [-0.39, 0.29) is 11.8 Å². The van der Waals surface area contributed by atoms with Crippen LogP contribution < -0.4 is 14.8 Å². The zero-order valence-electron chi connectivity index (χ0n) is 18.4. The molecule has 0 saturated heterocycles. The van der Waals surface area contributed by atoms with Gasteiger partial charge in [0.15, 0.2) is 0 Å². The van der Waals surface area contributed by atoms with Crippen LogP contribution in [0.5, 0.6) is 11.5 Å². The molecule has 1 atom stereocenters. The molecule has 0 radical (unpaired) electrons. The third kappa shape index (κ3) is 4.62. The molecule has 0 unspecified atom stereocenters. The van der Waals surface area contributed by atoms with Crippen LogP contribution in [-0.2, 0) is 0 Å². The molecule has 1 amide bonds. The van der Waals surface area contributed by atoms with Gasteiger partial charge in [-0.15, -0.1) is 0 Å². The summed E-state index contributed by atoms with van der Waals surface area (Å²) in [5.74, 6) is 1.25. The smallest absolute Gasteiger partial charge is 0.255 e. The normalized spacial score (nSPS) is 11.8. The van der Waals surface area contributed by atoms with Gasteiger partial charge < -0.3 is 19.8 Å². The summed E-state index contributed by atoms with van der Waals surface area (Å²) in [6.07, 6.45) is 2.92. The zero-order chi connectivity index (χ0) is 22.3. The van der Waals surface area contributed by atoms with Crippen LogP contribution in [0.4, 0.5) is 0 Å². The molecule has 5 heteroatoms. The third-order valence-corrected chi connectivity index (χ3v) is 5.57. The van der Waals surface area contributed by atoms with Gasteiger partial charge in [0, 0.05) is 29.6 Å². The van der Waals surface area contributed by atoms with E-state index in [9.17, 15) is 4.79 Å². The quantitative estimate of drug-likeness (QED) is 0.369. The van der Waals surface area contributed by atoms with Crippen LogP contribution in [0.15, 0.2) is 79.0 Å². The number of fused-ring (bicyclic) bond motifs is 1. The molecule has 0 aliphatic rings. The van der Waals surface area contributed by atoms with Crippen molar-refractivity contribution in [2.45, 2.75) is 19.3 Å². The first kappa shape index (κ1) is 21.5. The van der Waals surface area contributed by atoms with Crippen molar-refractivity contribution >= 4 is 16.8 Å². The lowest BCUT2D eigenvalue weighted by molar-refractivity contribution is 0.0948. The summed E-state index contributed by atoms with van der Waals surface area (Å²) in [6, 6.07) is 23.6. The van der Waals surface area contributed by atoms with Gasteiger partial charge in [-0.25, -0.2) is 0 Å². The second kappa shape index (κ2) is 10.1. The fourth-order valence-corrected chi connectivity index (χ4v) is 3.91. The number of aromatic nitrogens is 1. The molecule has 0 aliphatic carbocycles. The molecule has 0 saturated carbocycles. The second-order valence-electron chi connectivity index (χ2n) is 7.67. The maximum absolute atomic E-state index is 13.1. The highest BCUT2D eigenvalue weighted by Crippen LogP contribution is 2.31. The van der Waals surface area contributed by atoms with Crippen molar-refractivity contribution in [2.24, 2.45) is 0 Å². The van der Waals surface area contributed by atoms with E-state index in [4.69, 9.17) is 9.47 Å². The molecule has 0 bridgehead atoms. The molecule has 0 spiro atoms. The maximum Gasteiger partial charge on any atom is 0.255 e. The Bertz CT molecular complexity index is 1180. The molecule has 1 aromatic heterocycles. The van der Waals surface area contributed by atoms with E-state index in [0.29, 0.717) is 24.5 Å². The summed E-state index contributed by atoms with van der Waals surface area (Å²) in [5, 5.41) is 4.28. The second-order valence-corrected chi connectivity index (χ2v) is 7.67. The minimum Gasteiger partial charge on any atom is -0.497 e. The van der Waals surface area contributed by atoms with E-state index in [1.54, 1.807) is 13.2 Å². The lowest BCUT2D eigenvalue weighted by atomic mass is 9.90. The van der Waals surface area contributed by atoms with Crippen LogP contribution in [0.3, 0.4) is 0 Å². The number of hydrogen-bond acceptors (Lipinski definition) is 3. The van der Waals surface area contributed by atoms with Crippen LogP contribution in [-0.4, -0.2) is 31.2 Å². The lowest BCUT2D eigenvalue weighted by Crippen LogP contribution is -2.29. The van der Waals surface area contributed by atoms with E-state index >= 15 is 0 Å². The van der Waals surface area contributed by atoms with Crippen molar-refractivity contribution in [1.82, 2.24) is 10.3 Å². The van der Waals surface area contributed by atoms with Crippen molar-refractivity contribution in [3.05, 3.63) is 95.7 Å². The van der Waals surface area contributed by atoms with Crippen molar-refractivity contribution in [1.29, 1.82) is 0 Å². The SMILES string of the molecule is CCCOc1ccccc1C(=O)NC[C@@H](c1ccc(OC)cc1)c1c[nH]c2ccccc12. The summed E-state index contributed by atoms with van der Waals surface area (Å²) < 4.78 is 11.1. The van der Waals surface area contributed by atoms with Crippen molar-refractivity contribution in [3.63, 3.8) is 0 Å². The third-order valence-electron chi connectivity index (χ3n) is 5.57. The van der Waals surface area contributed by atoms with Gasteiger partial charge in [0.25, 0.3) is 5.91 Å². The van der Waals surface area contributed by atoms with E-state index < -0.39 is 0 Å². The van der Waals surface area contributed by atoms with Crippen molar-refractivity contribution in [3.8, 4) is 11.5 Å². The zero-order valence-corrected chi connectivity index (χ0v) is 18.4. The topological polar surface area (TPSA) is 63.4 Å². The number of benzene rings is 3. The first-order valence-electron chi connectivity index (χ1n) is 10.9. The summed E-state index contributed by atoms with van der Waals surface area (Å²) in [7, 11) is 1.66. The molecule has 0 aliphatic heterocycles. The molecular weight excluding hydrogens is 400 g/mol. The Morgan fingerprint density at radius 1 is 1.00 bits per heavy atom. The average molecular weight is 429 g/mol. The number of para-hydroxylation sites is 2. The minimum atomic E-state index is -0.143. The maximum atomic E-state index is 13.1. The van der Waals surface area contributed by atoms with Gasteiger partial charge in [0.05, 0.1) is 19.3 Å². The Morgan fingerprint density at radius 2 is 1.75 bits per heavy atom. The summed E-state index contributed by atoms with van der Waals surface area (Å²) in [5.41, 5.74) is 3.87. The number of amides is 1. The van der Waals surface area contributed by atoms with Gasteiger partial charge in [0.1, 0.15) is 11.5 Å². The summed E-state index contributed by atoms with van der Waals surface area (Å²) in [6.45, 7) is 3.08. The first-order chi connectivity index (χ1) is 15.7. The van der Waals surface area contributed by atoms with E-state index in [0.717, 1.165) is 34.2 Å². The van der Waals surface area contributed by atoms with Crippen molar-refractivity contribution < 1.29 is 14.3 Å². The number of methoxy groups -OCH3 is 1. The largest absolute Gasteiger partial charge is 0.497 e. The van der Waals surface area contributed by atoms with E-state index in [2.05, 4.69) is 34.6 Å². The number of H-pyrrole nitrogens is 1. The lowest BCUT2D eigenvalue weighted by Gasteiger charge is -2.19. The number of ether oxygens (including phenoxy) is 2. The Hall–Kier alpha value is -3.73. The Balaban J connectivity index is 1.62. The molecule has 164 valence electrons. The van der Waals surface area contributed by atoms with E-state index in [1.165, 1.54) is 0 Å². The Labute approximate surface area is 188 Å². The Morgan fingerprint density at radius 3 is 2.53 bits per heavy atom. The van der Waals surface area contributed by atoms with Crippen LogP contribution in [0.25, 0.3) is 10.9 Å². The molecule has 4 rings (SSSR count). The molecule has 0 fully saturated rings. The van der Waals surface area contributed by atoms with E-state index in [1.807, 2.05) is 55.6 Å². The fourth-order valence-electron chi connectivity index (χ4n) is 3.91.